The van der Waals surface area contributed by atoms with Crippen molar-refractivity contribution in [1.82, 2.24) is 24.5 Å². The van der Waals surface area contributed by atoms with Crippen LogP contribution in [0.3, 0.4) is 0 Å². The number of hydrogen-bond acceptors (Lipinski definition) is 5. The maximum atomic E-state index is 13.7. The van der Waals surface area contributed by atoms with E-state index in [-0.39, 0.29) is 29.2 Å². The number of carbonyl (C=O) groups excluding carboxylic acids is 1. The summed E-state index contributed by atoms with van der Waals surface area (Å²) in [4.78, 5) is 26.4. The van der Waals surface area contributed by atoms with Gasteiger partial charge in [0, 0.05) is 6.04 Å². The second-order valence-corrected chi connectivity index (χ2v) is 10.7. The topological polar surface area (TPSA) is 81.3 Å². The third-order valence-corrected chi connectivity index (χ3v) is 7.91. The van der Waals surface area contributed by atoms with E-state index in [0.717, 1.165) is 29.6 Å². The van der Waals surface area contributed by atoms with Crippen molar-refractivity contribution < 1.29 is 4.79 Å². The second kappa shape index (κ2) is 9.85. The number of nitrogens with one attached hydrogen (secondary N) is 1. The van der Waals surface area contributed by atoms with Gasteiger partial charge >= 0.3 is 0 Å². The lowest BCUT2D eigenvalue weighted by Gasteiger charge is -2.29. The number of nitrogens with zero attached hydrogens (tertiary/aromatic N) is 4. The molecule has 0 bridgehead atoms. The van der Waals surface area contributed by atoms with E-state index in [1.165, 1.54) is 24.6 Å². The molecule has 0 radical (unpaired) electrons. The van der Waals surface area contributed by atoms with Crippen LogP contribution >= 0.6 is 11.8 Å². The minimum Gasteiger partial charge on any atom is -0.352 e. The van der Waals surface area contributed by atoms with E-state index in [1.54, 1.807) is 4.57 Å². The summed E-state index contributed by atoms with van der Waals surface area (Å²) in [5.74, 6) is 1.44. The van der Waals surface area contributed by atoms with Crippen molar-refractivity contribution in [2.24, 2.45) is 5.92 Å². The molecule has 7 nitrogen and oxygen atoms in total. The van der Waals surface area contributed by atoms with Gasteiger partial charge in [0.25, 0.3) is 5.56 Å². The highest BCUT2D eigenvalue weighted by Crippen LogP contribution is 2.27. The first-order valence-corrected chi connectivity index (χ1v) is 13.3. The Kier molecular flexibility index (Phi) is 6.65. The first-order valence-electron chi connectivity index (χ1n) is 12.4. The molecule has 0 spiro atoms. The van der Waals surface area contributed by atoms with Crippen molar-refractivity contribution in [1.29, 1.82) is 0 Å². The smallest absolute Gasteiger partial charge is 0.267 e. The molecule has 0 saturated heterocycles. The number of fused-ring (bicyclic) bond motifs is 3. The number of rotatable bonds is 6. The third-order valence-electron chi connectivity index (χ3n) is 6.98. The Bertz CT molecular complexity index is 1440. The Morgan fingerprint density at radius 3 is 2.63 bits per heavy atom. The molecule has 2 unspecified atom stereocenters. The molecule has 2 heterocycles. The lowest BCUT2D eigenvalue weighted by molar-refractivity contribution is -0.119. The fourth-order valence-corrected chi connectivity index (χ4v) is 5.83. The van der Waals surface area contributed by atoms with Crippen LogP contribution in [0.5, 0.6) is 0 Å². The molecule has 1 N–H and O–H groups in total. The normalized spacial score (nSPS) is 18.4. The van der Waals surface area contributed by atoms with E-state index >= 15 is 0 Å². The van der Waals surface area contributed by atoms with Crippen LogP contribution in [0.25, 0.3) is 22.4 Å². The standard InChI is InChI=1S/C27H31N5O2S/c1-17(2)19-11-5-8-14-22(19)31-25(34)20-12-6-9-15-23(20)32-26(31)29-30-27(32)35-16-24(33)28-21-13-7-4-10-18(21)3/h5-6,8-9,11-12,14-15,17-18,21H,4,7,10,13,16H2,1-3H3,(H,28,33). The first kappa shape index (κ1) is 23.6. The minimum atomic E-state index is -0.130. The number of hydrogen-bond donors (Lipinski definition) is 1. The van der Waals surface area contributed by atoms with Crippen LogP contribution in [0, 0.1) is 5.92 Å². The highest BCUT2D eigenvalue weighted by atomic mass is 32.2. The Balaban J connectivity index is 1.55. The molecule has 1 amide bonds. The molecular weight excluding hydrogens is 458 g/mol. The summed E-state index contributed by atoms with van der Waals surface area (Å²) in [5, 5.41) is 13.2. The predicted octanol–water partition coefficient (Wildman–Crippen LogP) is 4.94. The van der Waals surface area contributed by atoms with Gasteiger partial charge in [-0.3, -0.25) is 14.0 Å². The van der Waals surface area contributed by atoms with Crippen LogP contribution in [0.2, 0.25) is 0 Å². The number of para-hydroxylation sites is 2. The molecule has 2 atom stereocenters. The van der Waals surface area contributed by atoms with Crippen molar-refractivity contribution in [3.63, 3.8) is 0 Å². The van der Waals surface area contributed by atoms with E-state index in [1.807, 2.05) is 52.9 Å². The zero-order valence-corrected chi connectivity index (χ0v) is 21.2. The zero-order chi connectivity index (χ0) is 24.5. The summed E-state index contributed by atoms with van der Waals surface area (Å²) in [6.07, 6.45) is 4.60. The van der Waals surface area contributed by atoms with Crippen LogP contribution in [0.4, 0.5) is 0 Å². The van der Waals surface area contributed by atoms with Gasteiger partial charge in [-0.2, -0.15) is 0 Å². The molecule has 4 aromatic rings. The van der Waals surface area contributed by atoms with E-state index in [9.17, 15) is 9.59 Å². The maximum absolute atomic E-state index is 13.7. The van der Waals surface area contributed by atoms with Gasteiger partial charge in [-0.15, -0.1) is 10.2 Å². The lowest BCUT2D eigenvalue weighted by Crippen LogP contribution is -2.41. The molecule has 1 aliphatic rings. The molecule has 0 aliphatic heterocycles. The van der Waals surface area contributed by atoms with Crippen molar-refractivity contribution in [2.75, 3.05) is 5.75 Å². The molecule has 8 heteroatoms. The average molecular weight is 490 g/mol. The molecule has 5 rings (SSSR count). The van der Waals surface area contributed by atoms with E-state index < -0.39 is 0 Å². The minimum absolute atomic E-state index is 0.00767. The van der Waals surface area contributed by atoms with Gasteiger partial charge in [-0.25, -0.2) is 4.57 Å². The van der Waals surface area contributed by atoms with Crippen LogP contribution in [0.1, 0.15) is 57.9 Å². The summed E-state index contributed by atoms with van der Waals surface area (Å²) in [7, 11) is 0. The quantitative estimate of drug-likeness (QED) is 0.388. The summed E-state index contributed by atoms with van der Waals surface area (Å²) >= 11 is 1.35. The number of amides is 1. The Morgan fingerprint density at radius 1 is 1.09 bits per heavy atom. The predicted molar refractivity (Wildman–Crippen MR) is 140 cm³/mol. The lowest BCUT2D eigenvalue weighted by atomic mass is 9.86. The highest BCUT2D eigenvalue weighted by molar-refractivity contribution is 7.99. The van der Waals surface area contributed by atoms with Crippen LogP contribution < -0.4 is 10.9 Å². The molecule has 2 aromatic heterocycles. The number of carbonyl (C=O) groups is 1. The fraction of sp³-hybridized carbons (Fsp3) is 0.407. The highest BCUT2D eigenvalue weighted by Gasteiger charge is 2.24. The monoisotopic (exact) mass is 489 g/mol. The maximum Gasteiger partial charge on any atom is 0.267 e. The zero-order valence-electron chi connectivity index (χ0n) is 20.4. The van der Waals surface area contributed by atoms with E-state index in [2.05, 4.69) is 36.3 Å². The van der Waals surface area contributed by atoms with Gasteiger partial charge in [0.1, 0.15) is 0 Å². The summed E-state index contributed by atoms with van der Waals surface area (Å²) < 4.78 is 3.55. The molecule has 1 aliphatic carbocycles. The van der Waals surface area contributed by atoms with Gasteiger partial charge < -0.3 is 5.32 Å². The second-order valence-electron chi connectivity index (χ2n) is 9.71. The SMILES string of the molecule is CC(C)c1ccccc1-n1c(=O)c2ccccc2n2c(SCC(=O)NC3CCCCC3C)nnc12. The molecule has 1 saturated carbocycles. The summed E-state index contributed by atoms with van der Waals surface area (Å²) in [6, 6.07) is 15.7. The van der Waals surface area contributed by atoms with Crippen LogP contribution in [-0.2, 0) is 4.79 Å². The number of thioether (sulfide) groups is 1. The van der Waals surface area contributed by atoms with Gasteiger partial charge in [0.05, 0.1) is 22.3 Å². The van der Waals surface area contributed by atoms with Crippen molar-refractivity contribution in [3.05, 3.63) is 64.4 Å². The van der Waals surface area contributed by atoms with Gasteiger partial charge in [-0.05, 0) is 48.4 Å². The average Bonchev–Trinajstić information content (AvgIpc) is 3.28. The molecule has 1 fully saturated rings. The summed E-state index contributed by atoms with van der Waals surface area (Å²) in [6.45, 7) is 6.43. The van der Waals surface area contributed by atoms with Crippen molar-refractivity contribution in [2.45, 2.75) is 63.6 Å². The third kappa shape index (κ3) is 4.47. The Morgan fingerprint density at radius 2 is 1.83 bits per heavy atom. The van der Waals surface area contributed by atoms with Gasteiger partial charge in [-0.1, -0.05) is 75.7 Å². The molecule has 2 aromatic carbocycles. The summed E-state index contributed by atoms with van der Waals surface area (Å²) in [5.41, 5.74) is 2.47. The van der Waals surface area contributed by atoms with Crippen molar-refractivity contribution in [3.8, 4) is 5.69 Å². The molecular formula is C27H31N5O2S. The van der Waals surface area contributed by atoms with Crippen LogP contribution in [0.15, 0.2) is 58.5 Å². The molecule has 35 heavy (non-hydrogen) atoms. The van der Waals surface area contributed by atoms with E-state index in [4.69, 9.17) is 0 Å². The van der Waals surface area contributed by atoms with Crippen LogP contribution in [-0.4, -0.2) is 36.9 Å². The molecule has 182 valence electrons. The largest absolute Gasteiger partial charge is 0.352 e. The Labute approximate surface area is 208 Å². The number of benzene rings is 2. The number of aromatic nitrogens is 4. The fourth-order valence-electron chi connectivity index (χ4n) is 5.08. The van der Waals surface area contributed by atoms with Gasteiger partial charge in [0.2, 0.25) is 11.7 Å². The van der Waals surface area contributed by atoms with Gasteiger partial charge in [0.15, 0.2) is 5.16 Å². The first-order chi connectivity index (χ1) is 17.0. The van der Waals surface area contributed by atoms with E-state index in [0.29, 0.717) is 22.2 Å². The van der Waals surface area contributed by atoms with Crippen molar-refractivity contribution >= 4 is 34.3 Å². The Hall–Kier alpha value is -3.13.